The number of alkyl halides is 3. The number of rotatable bonds is 6. The number of hydrogen-bond donors (Lipinski definition) is 2. The lowest BCUT2D eigenvalue weighted by atomic mass is 9.78. The van der Waals surface area contributed by atoms with Gasteiger partial charge in [-0.25, -0.2) is 32.5 Å². The van der Waals surface area contributed by atoms with Gasteiger partial charge >= 0.3 is 0 Å². The van der Waals surface area contributed by atoms with Crippen LogP contribution in [0.2, 0.25) is 0 Å². The van der Waals surface area contributed by atoms with Gasteiger partial charge in [0.05, 0.1) is 25.6 Å². The predicted molar refractivity (Wildman–Crippen MR) is 109 cm³/mol. The SMILES string of the molecule is Cl.NC1=NC2(c3cc(NC(=O)c4cnc(OCC(F)F)cn4)ccc3F)COCC2(F)CO1. The smallest absolute Gasteiger partial charge is 0.283 e. The summed E-state index contributed by atoms with van der Waals surface area (Å²) in [6.07, 6.45) is -0.644. The second kappa shape index (κ2) is 9.35. The normalized spacial score (nSPS) is 23.7. The van der Waals surface area contributed by atoms with Gasteiger partial charge in [0, 0.05) is 11.3 Å². The highest BCUT2D eigenvalue weighted by atomic mass is 35.5. The first kappa shape index (κ1) is 24.5. The molecular formula is C19H18ClF4N5O4. The highest BCUT2D eigenvalue weighted by Gasteiger charge is 2.62. The van der Waals surface area contributed by atoms with E-state index in [0.717, 1.165) is 18.5 Å². The van der Waals surface area contributed by atoms with E-state index >= 15 is 4.39 Å². The molecule has 0 spiro atoms. The molecule has 2 aliphatic rings. The number of aliphatic imine (C=N–C) groups is 1. The zero-order valence-corrected chi connectivity index (χ0v) is 17.6. The number of ether oxygens (including phenoxy) is 3. The van der Waals surface area contributed by atoms with Crippen LogP contribution < -0.4 is 15.8 Å². The largest absolute Gasteiger partial charge is 0.470 e. The monoisotopic (exact) mass is 491 g/mol. The predicted octanol–water partition coefficient (Wildman–Crippen LogP) is 2.21. The molecular weight excluding hydrogens is 474 g/mol. The van der Waals surface area contributed by atoms with Gasteiger partial charge in [-0.2, -0.15) is 0 Å². The minimum absolute atomic E-state index is 0. The summed E-state index contributed by atoms with van der Waals surface area (Å²) in [6.45, 7) is -1.96. The number of carbonyl (C=O) groups excluding carboxylic acids is 1. The van der Waals surface area contributed by atoms with E-state index in [1.807, 2.05) is 0 Å². The van der Waals surface area contributed by atoms with Crippen LogP contribution >= 0.6 is 12.4 Å². The highest BCUT2D eigenvalue weighted by molar-refractivity contribution is 6.02. The van der Waals surface area contributed by atoms with Crippen molar-refractivity contribution in [1.82, 2.24) is 9.97 Å². The Morgan fingerprint density at radius 3 is 2.73 bits per heavy atom. The van der Waals surface area contributed by atoms with Gasteiger partial charge in [-0.15, -0.1) is 12.4 Å². The van der Waals surface area contributed by atoms with Crippen LogP contribution in [0, 0.1) is 5.82 Å². The van der Waals surface area contributed by atoms with Crippen molar-refractivity contribution in [2.24, 2.45) is 10.7 Å². The van der Waals surface area contributed by atoms with Crippen molar-refractivity contribution >= 4 is 30.0 Å². The molecule has 14 heteroatoms. The molecule has 0 saturated carbocycles. The summed E-state index contributed by atoms with van der Waals surface area (Å²) in [7, 11) is 0. The van der Waals surface area contributed by atoms with Crippen LogP contribution in [0.15, 0.2) is 35.6 Å². The third-order valence-electron chi connectivity index (χ3n) is 5.02. The molecule has 1 fully saturated rings. The first-order valence-electron chi connectivity index (χ1n) is 9.32. The van der Waals surface area contributed by atoms with Gasteiger partial charge in [0.25, 0.3) is 18.4 Å². The zero-order chi connectivity index (χ0) is 22.9. The number of aromatic nitrogens is 2. The van der Waals surface area contributed by atoms with Crippen molar-refractivity contribution in [3.8, 4) is 5.88 Å². The third kappa shape index (κ3) is 4.64. The molecule has 3 N–H and O–H groups in total. The summed E-state index contributed by atoms with van der Waals surface area (Å²) in [4.78, 5) is 24.0. The van der Waals surface area contributed by atoms with Crippen molar-refractivity contribution in [3.63, 3.8) is 0 Å². The molecule has 178 valence electrons. The van der Waals surface area contributed by atoms with Gasteiger partial charge in [0.2, 0.25) is 5.88 Å². The molecule has 2 unspecified atom stereocenters. The van der Waals surface area contributed by atoms with E-state index in [1.165, 1.54) is 12.1 Å². The maximum atomic E-state index is 15.5. The second-order valence-electron chi connectivity index (χ2n) is 7.15. The maximum absolute atomic E-state index is 15.5. The van der Waals surface area contributed by atoms with Crippen molar-refractivity contribution in [2.75, 3.05) is 31.7 Å². The first-order chi connectivity index (χ1) is 15.2. The minimum atomic E-state index is -2.68. The number of amides is 1. The van der Waals surface area contributed by atoms with E-state index in [0.29, 0.717) is 0 Å². The Morgan fingerprint density at radius 2 is 2.03 bits per heavy atom. The molecule has 2 atom stereocenters. The summed E-state index contributed by atoms with van der Waals surface area (Å²) in [6, 6.07) is 3.24. The average molecular weight is 492 g/mol. The van der Waals surface area contributed by atoms with E-state index in [-0.39, 0.29) is 54.5 Å². The molecule has 3 heterocycles. The quantitative estimate of drug-likeness (QED) is 0.594. The lowest BCUT2D eigenvalue weighted by Crippen LogP contribution is -2.55. The number of nitrogens with two attached hydrogens (primary N) is 1. The summed E-state index contributed by atoms with van der Waals surface area (Å²) in [5.74, 6) is -1.67. The Labute approximate surface area is 190 Å². The average Bonchev–Trinajstić information content (AvgIpc) is 3.11. The Balaban J connectivity index is 0.00000306. The van der Waals surface area contributed by atoms with Crippen LogP contribution in [0.4, 0.5) is 23.2 Å². The number of hydrogen-bond acceptors (Lipinski definition) is 8. The second-order valence-corrected chi connectivity index (χ2v) is 7.15. The maximum Gasteiger partial charge on any atom is 0.283 e. The summed E-state index contributed by atoms with van der Waals surface area (Å²) in [5.41, 5.74) is 1.49. The van der Waals surface area contributed by atoms with Crippen molar-refractivity contribution in [1.29, 1.82) is 0 Å². The van der Waals surface area contributed by atoms with Gasteiger partial charge in [0.15, 0.2) is 17.8 Å². The van der Waals surface area contributed by atoms with Crippen LogP contribution in [0.5, 0.6) is 5.88 Å². The number of fused-ring (bicyclic) bond motifs is 1. The minimum Gasteiger partial charge on any atom is -0.470 e. The fourth-order valence-electron chi connectivity index (χ4n) is 3.46. The number of amidine groups is 1. The molecule has 2 aliphatic heterocycles. The van der Waals surface area contributed by atoms with E-state index in [9.17, 15) is 18.0 Å². The molecule has 1 saturated heterocycles. The third-order valence-corrected chi connectivity index (χ3v) is 5.02. The molecule has 1 aromatic heterocycles. The summed E-state index contributed by atoms with van der Waals surface area (Å²) < 4.78 is 69.5. The van der Waals surface area contributed by atoms with Gasteiger partial charge in [-0.1, -0.05) is 0 Å². The number of halogens is 5. The van der Waals surface area contributed by atoms with Crippen molar-refractivity contribution in [3.05, 3.63) is 47.7 Å². The Bertz CT molecular complexity index is 1060. The van der Waals surface area contributed by atoms with Crippen LogP contribution in [-0.2, 0) is 15.0 Å². The van der Waals surface area contributed by atoms with Crippen molar-refractivity contribution < 1.29 is 36.6 Å². The van der Waals surface area contributed by atoms with Gasteiger partial charge in [-0.3, -0.25) is 4.79 Å². The summed E-state index contributed by atoms with van der Waals surface area (Å²) >= 11 is 0. The van der Waals surface area contributed by atoms with Gasteiger partial charge in [-0.05, 0) is 18.2 Å². The van der Waals surface area contributed by atoms with Crippen LogP contribution in [-0.4, -0.2) is 60.4 Å². The standard InChI is InChI=1S/C19H17F4N5O4.ClH/c20-12-2-1-10(27-16(29)13-4-26-15(5-25-13)31-6-14(21)22)3-11(12)19-9-30-7-18(19,23)8-32-17(24)28-19;/h1-5,14H,6-9H2,(H2,24,28)(H,27,29);1H. The molecule has 33 heavy (non-hydrogen) atoms. The van der Waals surface area contributed by atoms with Gasteiger partial charge in [0.1, 0.15) is 18.1 Å². The highest BCUT2D eigenvalue weighted by Crippen LogP contribution is 2.48. The summed E-state index contributed by atoms with van der Waals surface area (Å²) in [5, 5.41) is 2.49. The fraction of sp³-hybridized carbons (Fsp3) is 0.368. The molecule has 9 nitrogen and oxygen atoms in total. The lowest BCUT2D eigenvalue weighted by Gasteiger charge is -2.38. The fourth-order valence-corrected chi connectivity index (χ4v) is 3.46. The van der Waals surface area contributed by atoms with Crippen LogP contribution in [0.3, 0.4) is 0 Å². The Hall–Kier alpha value is -3.19. The van der Waals surface area contributed by atoms with Crippen molar-refractivity contribution in [2.45, 2.75) is 17.6 Å². The van der Waals surface area contributed by atoms with E-state index in [1.54, 1.807) is 0 Å². The topological polar surface area (TPSA) is 121 Å². The Morgan fingerprint density at radius 1 is 1.24 bits per heavy atom. The Kier molecular flexibility index (Phi) is 6.93. The molecule has 2 aromatic rings. The number of anilines is 1. The first-order valence-corrected chi connectivity index (χ1v) is 9.32. The number of nitrogens with one attached hydrogen (secondary N) is 1. The molecule has 0 aliphatic carbocycles. The molecule has 0 bridgehead atoms. The number of carbonyl (C=O) groups is 1. The molecule has 4 rings (SSSR count). The van der Waals surface area contributed by atoms with E-state index in [4.69, 9.17) is 19.9 Å². The van der Waals surface area contributed by atoms with Crippen LogP contribution in [0.1, 0.15) is 16.1 Å². The molecule has 1 amide bonds. The van der Waals surface area contributed by atoms with Gasteiger partial charge < -0.3 is 25.3 Å². The molecule has 0 radical (unpaired) electrons. The zero-order valence-electron chi connectivity index (χ0n) is 16.8. The van der Waals surface area contributed by atoms with Crippen LogP contribution in [0.25, 0.3) is 0 Å². The number of nitrogens with zero attached hydrogens (tertiary/aromatic N) is 3. The lowest BCUT2D eigenvalue weighted by molar-refractivity contribution is 0.00905. The molecule has 1 aromatic carbocycles. The van der Waals surface area contributed by atoms with E-state index in [2.05, 4.69) is 20.3 Å². The van der Waals surface area contributed by atoms with E-state index < -0.39 is 42.6 Å². The number of benzene rings is 1.